The normalized spacial score (nSPS) is 19.6. The molecular weight excluding hydrogens is 415 g/mol. The molecule has 0 spiro atoms. The van der Waals surface area contributed by atoms with E-state index in [1.54, 1.807) is 29.2 Å². The molecule has 0 saturated carbocycles. The fraction of sp³-hybridized carbons (Fsp3) is 0.476. The number of rotatable bonds is 6. The molecule has 5 rings (SSSR count). The fourth-order valence-electron chi connectivity index (χ4n) is 4.31. The first-order chi connectivity index (χ1) is 15.6. The topological polar surface area (TPSA) is 94.2 Å². The molecule has 2 aliphatic rings. The molecule has 32 heavy (non-hydrogen) atoms. The minimum atomic E-state index is -0.484. The lowest BCUT2D eigenvalue weighted by atomic mass is 10.0. The molecule has 1 amide bonds. The lowest BCUT2D eigenvalue weighted by molar-refractivity contribution is 0.129. The first-order valence-corrected chi connectivity index (χ1v) is 10.9. The number of anilines is 2. The van der Waals surface area contributed by atoms with Gasteiger partial charge in [-0.15, -0.1) is 10.2 Å². The van der Waals surface area contributed by atoms with Crippen LogP contribution in [0.3, 0.4) is 0 Å². The molecule has 11 heteroatoms. The van der Waals surface area contributed by atoms with Gasteiger partial charge in [0.1, 0.15) is 11.9 Å². The van der Waals surface area contributed by atoms with Crippen LogP contribution in [0.15, 0.2) is 36.8 Å². The zero-order valence-electron chi connectivity index (χ0n) is 17.8. The Kier molecular flexibility index (Phi) is 5.46. The largest absolute Gasteiger partial charge is 0.442 e. The van der Waals surface area contributed by atoms with Crippen LogP contribution in [0.1, 0.15) is 31.5 Å². The second-order valence-corrected chi connectivity index (χ2v) is 8.14. The molecule has 3 aromatic rings. The summed E-state index contributed by atoms with van der Waals surface area (Å²) in [5.41, 5.74) is 2.02. The summed E-state index contributed by atoms with van der Waals surface area (Å²) in [5, 5.41) is 16.0. The number of hydrogen-bond donors (Lipinski definition) is 0. The molecule has 1 aromatic carbocycles. The lowest BCUT2D eigenvalue weighted by Crippen LogP contribution is -2.35. The average Bonchev–Trinajstić information content (AvgIpc) is 3.56. The van der Waals surface area contributed by atoms with Gasteiger partial charge in [0.15, 0.2) is 0 Å². The zero-order chi connectivity index (χ0) is 22.1. The van der Waals surface area contributed by atoms with Gasteiger partial charge in [0.25, 0.3) is 0 Å². The Morgan fingerprint density at radius 3 is 2.75 bits per heavy atom. The van der Waals surface area contributed by atoms with E-state index in [4.69, 9.17) is 4.74 Å². The average molecular weight is 440 g/mol. The number of piperidine rings is 1. The Morgan fingerprint density at radius 1 is 1.22 bits per heavy atom. The number of carbonyl (C=O) groups is 1. The summed E-state index contributed by atoms with van der Waals surface area (Å²) in [6, 6.07) is 5.20. The van der Waals surface area contributed by atoms with Crippen LogP contribution in [0.4, 0.5) is 20.6 Å². The molecule has 0 unspecified atom stereocenters. The first-order valence-electron chi connectivity index (χ1n) is 10.9. The number of benzene rings is 1. The van der Waals surface area contributed by atoms with Crippen molar-refractivity contribution in [3.8, 4) is 0 Å². The number of aryl methyl sites for hydroxylation is 1. The molecule has 168 valence electrons. The summed E-state index contributed by atoms with van der Waals surface area (Å²) in [5.74, 6) is -0.345. The minimum Gasteiger partial charge on any atom is -0.442 e. The van der Waals surface area contributed by atoms with E-state index in [9.17, 15) is 4.79 Å². The van der Waals surface area contributed by atoms with E-state index in [2.05, 4.69) is 27.5 Å². The van der Waals surface area contributed by atoms with Crippen molar-refractivity contribution in [2.75, 3.05) is 29.4 Å². The molecular formula is C21H25FN8O2. The number of carbonyl (C=O) groups excluding carboxylic acids is 1. The molecule has 10 nitrogen and oxygen atoms in total. The molecule has 2 saturated heterocycles. The molecule has 2 aliphatic heterocycles. The number of cyclic esters (lactones) is 1. The van der Waals surface area contributed by atoms with Gasteiger partial charge < -0.3 is 9.64 Å². The van der Waals surface area contributed by atoms with Gasteiger partial charge in [-0.05, 0) is 37.5 Å². The second kappa shape index (κ2) is 8.56. The maximum absolute atomic E-state index is 15.0. The highest BCUT2D eigenvalue weighted by atomic mass is 19.1. The van der Waals surface area contributed by atoms with Crippen molar-refractivity contribution in [3.05, 3.63) is 48.3 Å². The first kappa shape index (κ1) is 20.4. The smallest absolute Gasteiger partial charge is 0.414 e. The molecule has 2 aromatic heterocycles. The van der Waals surface area contributed by atoms with Crippen molar-refractivity contribution in [2.45, 2.75) is 44.9 Å². The summed E-state index contributed by atoms with van der Waals surface area (Å²) in [4.78, 5) is 15.8. The van der Waals surface area contributed by atoms with E-state index in [0.29, 0.717) is 24.5 Å². The van der Waals surface area contributed by atoms with Gasteiger partial charge >= 0.3 is 6.09 Å². The number of hydrogen-bond acceptors (Lipinski definition) is 7. The van der Waals surface area contributed by atoms with Gasteiger partial charge in [-0.3, -0.25) is 4.90 Å². The molecule has 0 radical (unpaired) electrons. The van der Waals surface area contributed by atoms with E-state index in [0.717, 1.165) is 38.0 Å². The van der Waals surface area contributed by atoms with Crippen molar-refractivity contribution in [1.29, 1.82) is 0 Å². The van der Waals surface area contributed by atoms with Crippen LogP contribution in [0.2, 0.25) is 0 Å². The Morgan fingerprint density at radius 2 is 2.06 bits per heavy atom. The van der Waals surface area contributed by atoms with E-state index in [1.807, 2.05) is 15.8 Å². The van der Waals surface area contributed by atoms with Gasteiger partial charge in [0.05, 0.1) is 42.4 Å². The zero-order valence-corrected chi connectivity index (χ0v) is 17.8. The number of ether oxygens (including phenoxy) is 1. The molecule has 4 heterocycles. The lowest BCUT2D eigenvalue weighted by Gasteiger charge is -2.33. The summed E-state index contributed by atoms with van der Waals surface area (Å²) < 4.78 is 24.0. The van der Waals surface area contributed by atoms with Crippen LogP contribution in [0, 0.1) is 5.82 Å². The second-order valence-electron chi connectivity index (χ2n) is 8.14. The maximum atomic E-state index is 15.0. The third kappa shape index (κ3) is 4.02. The van der Waals surface area contributed by atoms with Crippen LogP contribution in [0.5, 0.6) is 0 Å². The van der Waals surface area contributed by atoms with Gasteiger partial charge in [-0.25, -0.2) is 18.5 Å². The molecule has 0 aliphatic carbocycles. The van der Waals surface area contributed by atoms with Crippen molar-refractivity contribution in [2.24, 2.45) is 0 Å². The van der Waals surface area contributed by atoms with Crippen LogP contribution >= 0.6 is 0 Å². The van der Waals surface area contributed by atoms with Crippen LogP contribution in [0.25, 0.3) is 0 Å². The van der Waals surface area contributed by atoms with Crippen molar-refractivity contribution < 1.29 is 13.9 Å². The van der Waals surface area contributed by atoms with E-state index < -0.39 is 6.09 Å². The Bertz CT molecular complexity index is 1080. The molecule has 0 N–H and O–H groups in total. The van der Waals surface area contributed by atoms with Gasteiger partial charge in [-0.2, -0.15) is 0 Å². The predicted molar refractivity (Wildman–Crippen MR) is 114 cm³/mol. The van der Waals surface area contributed by atoms with Crippen molar-refractivity contribution in [3.63, 3.8) is 0 Å². The van der Waals surface area contributed by atoms with E-state index in [-0.39, 0.29) is 18.0 Å². The summed E-state index contributed by atoms with van der Waals surface area (Å²) in [6.45, 7) is 4.26. The van der Waals surface area contributed by atoms with Crippen molar-refractivity contribution in [1.82, 2.24) is 30.0 Å². The summed E-state index contributed by atoms with van der Waals surface area (Å²) >= 11 is 0. The molecule has 0 bridgehead atoms. The van der Waals surface area contributed by atoms with E-state index >= 15 is 4.39 Å². The monoisotopic (exact) mass is 440 g/mol. The fourth-order valence-corrected chi connectivity index (χ4v) is 4.31. The quantitative estimate of drug-likeness (QED) is 0.581. The SMILES string of the molecule is CCc1cn(C2CCN(c3ccc(N4C[C@H](Cn5ccnn5)OC4=O)cc3F)CC2)nn1. The number of aromatic nitrogens is 6. The highest BCUT2D eigenvalue weighted by Crippen LogP contribution is 2.31. The van der Waals surface area contributed by atoms with Crippen molar-refractivity contribution >= 4 is 17.5 Å². The van der Waals surface area contributed by atoms with Gasteiger partial charge in [-0.1, -0.05) is 17.4 Å². The number of halogens is 1. The van der Waals surface area contributed by atoms with E-state index in [1.165, 1.54) is 11.0 Å². The number of amides is 1. The Balaban J connectivity index is 1.22. The van der Waals surface area contributed by atoms with Gasteiger partial charge in [0, 0.05) is 25.5 Å². The standard InChI is InChI=1S/C21H25FN8O2/c1-2-15-12-30(26-24-15)16-5-8-27(9-6-16)20-4-3-17(11-19(20)22)29-14-18(32-21(29)31)13-28-10-7-23-25-28/h3-4,7,10-12,16,18H,2,5-6,8-9,13-14H2,1H3/t18-/m0/s1. The molecule has 2 fully saturated rings. The summed E-state index contributed by atoms with van der Waals surface area (Å²) in [7, 11) is 0. The minimum absolute atomic E-state index is 0.280. The Hall–Kier alpha value is -3.50. The highest BCUT2D eigenvalue weighted by Gasteiger charge is 2.33. The highest BCUT2D eigenvalue weighted by molar-refractivity contribution is 5.90. The third-order valence-electron chi connectivity index (χ3n) is 6.08. The molecule has 1 atom stereocenters. The van der Waals surface area contributed by atoms with Crippen LogP contribution in [-0.4, -0.2) is 61.8 Å². The van der Waals surface area contributed by atoms with Crippen LogP contribution in [-0.2, 0) is 17.7 Å². The van der Waals surface area contributed by atoms with Crippen LogP contribution < -0.4 is 9.80 Å². The maximum Gasteiger partial charge on any atom is 0.414 e. The third-order valence-corrected chi connectivity index (χ3v) is 6.08. The summed E-state index contributed by atoms with van der Waals surface area (Å²) in [6.07, 6.45) is 7.04. The van der Waals surface area contributed by atoms with Gasteiger partial charge in [0.2, 0.25) is 0 Å². The Labute approximate surface area is 184 Å². The number of nitrogens with zero attached hydrogens (tertiary/aromatic N) is 8. The predicted octanol–water partition coefficient (Wildman–Crippen LogP) is 2.44.